The van der Waals surface area contributed by atoms with Crippen LogP contribution >= 0.6 is 0 Å². The molecule has 3 amide bonds. The van der Waals surface area contributed by atoms with Crippen LogP contribution in [0, 0.1) is 10.1 Å². The second kappa shape index (κ2) is 3.22. The average Bonchev–Trinajstić information content (AvgIpc) is 1.58. The lowest BCUT2D eigenvalue weighted by Gasteiger charge is -1.99. The second-order valence-corrected chi connectivity index (χ2v) is 1.11. The van der Waals surface area contributed by atoms with Gasteiger partial charge in [-0.2, -0.15) is 0 Å². The van der Waals surface area contributed by atoms with Crippen LogP contribution in [0.3, 0.4) is 0 Å². The van der Waals surface area contributed by atoms with Crippen LogP contribution in [-0.4, -0.2) is 17.2 Å². The molecule has 0 radical (unpaired) electrons. The number of carbonyl (C=O) groups excluding carboxylic acids is 2. The predicted octanol–water partition coefficient (Wildman–Crippen LogP) is -2.18. The summed E-state index contributed by atoms with van der Waals surface area (Å²) in [5.41, 5.74) is 1.03. The fraction of sp³-hybridized carbons (Fsp3) is 0. The fourth-order valence-electron chi connectivity index (χ4n) is 0.204. The Hall–Kier alpha value is -1.86. The van der Waals surface area contributed by atoms with Gasteiger partial charge in [-0.05, 0) is 0 Å². The van der Waals surface area contributed by atoms with Crippen molar-refractivity contribution in [2.45, 2.75) is 0 Å². The standard InChI is InChI=1S/C2H3N3O5/c6-1(3-2(7)8)4-5(9)10/h(H,7,8)(H2,3,4,6)/p-1. The Morgan fingerprint density at radius 3 is 2.20 bits per heavy atom. The largest absolute Gasteiger partial charge is 0.530 e. The number of amides is 3. The predicted molar refractivity (Wildman–Crippen MR) is 24.1 cm³/mol. The SMILES string of the molecule is O=C([O-])NC(=O)N[N+](=O)[O-]. The van der Waals surface area contributed by atoms with Crippen LogP contribution in [0.25, 0.3) is 0 Å². The van der Waals surface area contributed by atoms with E-state index in [9.17, 15) is 24.8 Å². The Bertz CT molecular complexity index is 158. The Labute approximate surface area is 53.9 Å². The summed E-state index contributed by atoms with van der Waals surface area (Å²) in [6, 6.07) is -1.45. The number of hydrogen-bond donors (Lipinski definition) is 2. The molecule has 0 aliphatic carbocycles. The van der Waals surface area contributed by atoms with E-state index in [-0.39, 0.29) is 0 Å². The number of urea groups is 1. The first-order chi connectivity index (χ1) is 4.52. The molecule has 0 aliphatic heterocycles. The normalized spacial score (nSPS) is 8.00. The molecule has 0 spiro atoms. The Kier molecular flexibility index (Phi) is 2.62. The van der Waals surface area contributed by atoms with E-state index >= 15 is 0 Å². The van der Waals surface area contributed by atoms with E-state index in [1.165, 1.54) is 0 Å². The molecule has 0 saturated heterocycles. The Morgan fingerprint density at radius 1 is 1.40 bits per heavy atom. The van der Waals surface area contributed by atoms with Crippen molar-refractivity contribution in [2.75, 3.05) is 0 Å². The molecule has 8 nitrogen and oxygen atoms in total. The Balaban J connectivity index is 3.65. The van der Waals surface area contributed by atoms with Crippen LogP contribution in [0.15, 0.2) is 0 Å². The average molecular weight is 148 g/mol. The molecule has 0 fully saturated rings. The molecule has 0 aliphatic rings. The van der Waals surface area contributed by atoms with E-state index in [1.54, 1.807) is 0 Å². The van der Waals surface area contributed by atoms with Gasteiger partial charge < -0.3 is 9.90 Å². The van der Waals surface area contributed by atoms with Gasteiger partial charge >= 0.3 is 6.03 Å². The van der Waals surface area contributed by atoms with Gasteiger partial charge in [-0.3, -0.25) is 5.32 Å². The molecule has 56 valence electrons. The van der Waals surface area contributed by atoms with Crippen molar-refractivity contribution in [3.05, 3.63) is 10.1 Å². The first-order valence-corrected chi connectivity index (χ1v) is 1.95. The zero-order valence-electron chi connectivity index (χ0n) is 4.49. The van der Waals surface area contributed by atoms with Crippen LogP contribution in [0.5, 0.6) is 0 Å². The number of hydrazine groups is 1. The first-order valence-electron chi connectivity index (χ1n) is 1.95. The smallest absolute Gasteiger partial charge is 0.378 e. The van der Waals surface area contributed by atoms with Gasteiger partial charge in [-0.1, -0.05) is 5.43 Å². The summed E-state index contributed by atoms with van der Waals surface area (Å²) in [5.74, 6) is 0. The lowest BCUT2D eigenvalue weighted by molar-refractivity contribution is -0.527. The van der Waals surface area contributed by atoms with Crippen LogP contribution < -0.4 is 15.8 Å². The molecule has 0 aromatic carbocycles. The van der Waals surface area contributed by atoms with E-state index < -0.39 is 17.2 Å². The second-order valence-electron chi connectivity index (χ2n) is 1.11. The molecule has 0 aromatic rings. The van der Waals surface area contributed by atoms with E-state index in [1.807, 2.05) is 0 Å². The topological polar surface area (TPSA) is 124 Å². The summed E-state index contributed by atoms with van der Waals surface area (Å²) in [6.45, 7) is 0. The van der Waals surface area contributed by atoms with Crippen molar-refractivity contribution >= 4 is 12.1 Å². The highest BCUT2D eigenvalue weighted by atomic mass is 16.7. The minimum Gasteiger partial charge on any atom is -0.530 e. The molecule has 0 saturated carbocycles. The third-order valence-electron chi connectivity index (χ3n) is 0.408. The number of carbonyl (C=O) groups is 2. The number of hydrogen-bond acceptors (Lipinski definition) is 5. The van der Waals surface area contributed by atoms with E-state index in [2.05, 4.69) is 0 Å². The number of nitrogens with zero attached hydrogens (tertiary/aromatic N) is 1. The van der Waals surface area contributed by atoms with Gasteiger partial charge in [0.05, 0.1) is 0 Å². The molecular formula is C2H2N3O5-. The van der Waals surface area contributed by atoms with E-state index in [4.69, 9.17) is 0 Å². The highest BCUT2D eigenvalue weighted by Crippen LogP contribution is 1.62. The minimum absolute atomic E-state index is 1.03. The zero-order valence-corrected chi connectivity index (χ0v) is 4.49. The van der Waals surface area contributed by atoms with Crippen LogP contribution in [0.2, 0.25) is 0 Å². The van der Waals surface area contributed by atoms with E-state index in [0.717, 1.165) is 10.7 Å². The van der Waals surface area contributed by atoms with Crippen molar-refractivity contribution in [1.29, 1.82) is 0 Å². The molecular weight excluding hydrogens is 146 g/mol. The molecule has 0 heterocycles. The number of rotatable bonds is 1. The third kappa shape index (κ3) is 4.30. The van der Waals surface area contributed by atoms with Crippen LogP contribution in [-0.2, 0) is 0 Å². The highest BCUT2D eigenvalue weighted by Gasteiger charge is 2.04. The first kappa shape index (κ1) is 8.14. The number of carboxylic acid groups (broad SMARTS) is 1. The van der Waals surface area contributed by atoms with Crippen molar-refractivity contribution in [3.8, 4) is 0 Å². The lowest BCUT2D eigenvalue weighted by Crippen LogP contribution is -2.47. The van der Waals surface area contributed by atoms with Gasteiger partial charge in [0.1, 0.15) is 6.09 Å². The molecule has 0 unspecified atom stereocenters. The third-order valence-corrected chi connectivity index (χ3v) is 0.408. The maximum absolute atomic E-state index is 9.98. The quantitative estimate of drug-likeness (QED) is 0.323. The lowest BCUT2D eigenvalue weighted by atomic mass is 11.0. The van der Waals surface area contributed by atoms with Gasteiger partial charge in [-0.15, -0.1) is 0 Å². The van der Waals surface area contributed by atoms with Gasteiger partial charge in [0.2, 0.25) is 0 Å². The highest BCUT2D eigenvalue weighted by molar-refractivity contribution is 5.87. The summed E-state index contributed by atoms with van der Waals surface area (Å²) in [7, 11) is 0. The molecule has 0 rings (SSSR count). The van der Waals surface area contributed by atoms with E-state index in [0.29, 0.717) is 0 Å². The summed E-state index contributed by atoms with van der Waals surface area (Å²) < 4.78 is 0. The number of nitro groups is 1. The van der Waals surface area contributed by atoms with Crippen molar-refractivity contribution in [3.63, 3.8) is 0 Å². The molecule has 0 bridgehead atoms. The molecule has 0 atom stereocenters. The Morgan fingerprint density at radius 2 is 1.90 bits per heavy atom. The van der Waals surface area contributed by atoms with Gasteiger partial charge in [0.15, 0.2) is 5.03 Å². The summed E-state index contributed by atoms with van der Waals surface area (Å²) >= 11 is 0. The van der Waals surface area contributed by atoms with Crippen LogP contribution in [0.1, 0.15) is 0 Å². The number of imide groups is 1. The maximum atomic E-state index is 9.98. The summed E-state index contributed by atoms with van der Waals surface area (Å²) in [4.78, 5) is 28.9. The van der Waals surface area contributed by atoms with Crippen LogP contribution in [0.4, 0.5) is 9.59 Å². The summed E-state index contributed by atoms with van der Waals surface area (Å²) in [5, 5.41) is 18.8. The maximum Gasteiger partial charge on any atom is 0.378 e. The van der Waals surface area contributed by atoms with Crippen molar-refractivity contribution in [2.24, 2.45) is 0 Å². The number of nitrogens with one attached hydrogen (secondary N) is 2. The fourth-order valence-corrected chi connectivity index (χ4v) is 0.204. The van der Waals surface area contributed by atoms with Crippen molar-refractivity contribution in [1.82, 2.24) is 10.7 Å². The van der Waals surface area contributed by atoms with Gasteiger partial charge in [0.25, 0.3) is 0 Å². The monoisotopic (exact) mass is 148 g/mol. The molecule has 0 aromatic heterocycles. The molecule has 10 heavy (non-hydrogen) atoms. The van der Waals surface area contributed by atoms with Crippen molar-refractivity contribution < 1.29 is 19.7 Å². The summed E-state index contributed by atoms with van der Waals surface area (Å²) in [6.07, 6.45) is -1.90. The minimum atomic E-state index is -1.90. The zero-order chi connectivity index (χ0) is 8.15. The van der Waals surface area contributed by atoms with Gasteiger partial charge in [0, 0.05) is 0 Å². The molecule has 2 N–H and O–H groups in total. The molecule has 8 heteroatoms. The van der Waals surface area contributed by atoms with Gasteiger partial charge in [-0.25, -0.2) is 14.9 Å².